The number of rotatable bonds is 5. The van der Waals surface area contributed by atoms with E-state index in [-0.39, 0.29) is 5.54 Å². The first kappa shape index (κ1) is 16.5. The molecule has 2 aromatic rings. The van der Waals surface area contributed by atoms with E-state index in [0.29, 0.717) is 5.92 Å². The highest BCUT2D eigenvalue weighted by Gasteiger charge is 2.39. The summed E-state index contributed by atoms with van der Waals surface area (Å²) < 4.78 is 0. The van der Waals surface area contributed by atoms with Crippen LogP contribution in [0.2, 0.25) is 0 Å². The summed E-state index contributed by atoms with van der Waals surface area (Å²) in [6.07, 6.45) is 8.87. The van der Waals surface area contributed by atoms with Crippen molar-refractivity contribution in [3.63, 3.8) is 0 Å². The lowest BCUT2D eigenvalue weighted by Gasteiger charge is -2.43. The molecule has 0 radical (unpaired) electrons. The second-order valence-electron chi connectivity index (χ2n) is 7.43. The first-order chi connectivity index (χ1) is 12.3. The molecule has 1 saturated heterocycles. The molecule has 4 nitrogen and oxygen atoms in total. The average Bonchev–Trinajstić information content (AvgIpc) is 2.66. The predicted molar refractivity (Wildman–Crippen MR) is 102 cm³/mol. The van der Waals surface area contributed by atoms with Gasteiger partial charge in [-0.15, -0.1) is 0 Å². The third-order valence-corrected chi connectivity index (χ3v) is 5.91. The smallest absolute Gasteiger partial charge is 0.223 e. The van der Waals surface area contributed by atoms with Crippen LogP contribution in [0.1, 0.15) is 61.8 Å². The third-order valence-electron chi connectivity index (χ3n) is 5.91. The fourth-order valence-corrected chi connectivity index (χ4v) is 4.11. The number of anilines is 1. The van der Waals surface area contributed by atoms with E-state index in [1.54, 1.807) is 0 Å². The summed E-state index contributed by atoms with van der Waals surface area (Å²) in [5.74, 6) is 1.48. The van der Waals surface area contributed by atoms with E-state index in [0.717, 1.165) is 44.0 Å². The van der Waals surface area contributed by atoms with Crippen molar-refractivity contribution in [2.75, 3.05) is 18.4 Å². The van der Waals surface area contributed by atoms with Crippen LogP contribution in [0.15, 0.2) is 36.5 Å². The monoisotopic (exact) mass is 336 g/mol. The van der Waals surface area contributed by atoms with Gasteiger partial charge in [-0.05, 0) is 74.7 Å². The number of benzene rings is 1. The maximum absolute atomic E-state index is 4.65. The van der Waals surface area contributed by atoms with E-state index < -0.39 is 0 Å². The van der Waals surface area contributed by atoms with Crippen molar-refractivity contribution in [1.29, 1.82) is 0 Å². The van der Waals surface area contributed by atoms with Crippen LogP contribution in [-0.4, -0.2) is 23.1 Å². The quantitative estimate of drug-likeness (QED) is 0.866. The van der Waals surface area contributed by atoms with Crippen LogP contribution in [0.4, 0.5) is 5.95 Å². The summed E-state index contributed by atoms with van der Waals surface area (Å²) in [5.41, 5.74) is 3.97. The highest BCUT2D eigenvalue weighted by molar-refractivity contribution is 5.41. The standard InChI is InChI=1S/C21H28N4/c1-2-19-10-15-23-20(24-19)25-21(11-3-12-21)18-6-4-16(5-7-18)17-8-13-22-14-9-17/h4-7,10,15,17,22H,2-3,8-9,11-14H2,1H3,(H,23,24,25). The number of nitrogens with one attached hydrogen (secondary N) is 2. The van der Waals surface area contributed by atoms with Crippen molar-refractivity contribution in [2.45, 2.75) is 56.9 Å². The largest absolute Gasteiger partial charge is 0.345 e. The van der Waals surface area contributed by atoms with Gasteiger partial charge in [0.25, 0.3) is 0 Å². The van der Waals surface area contributed by atoms with Crippen molar-refractivity contribution in [1.82, 2.24) is 15.3 Å². The molecule has 0 bridgehead atoms. The van der Waals surface area contributed by atoms with Gasteiger partial charge in [0.15, 0.2) is 0 Å². The number of piperidine rings is 1. The van der Waals surface area contributed by atoms with E-state index in [4.69, 9.17) is 0 Å². The molecule has 0 unspecified atom stereocenters. The normalized spacial score (nSPS) is 20.0. The predicted octanol–water partition coefficient (Wildman–Crippen LogP) is 4.00. The highest BCUT2D eigenvalue weighted by atomic mass is 15.1. The van der Waals surface area contributed by atoms with Gasteiger partial charge < -0.3 is 10.6 Å². The Morgan fingerprint density at radius 1 is 1.12 bits per heavy atom. The van der Waals surface area contributed by atoms with Gasteiger partial charge in [0, 0.05) is 11.9 Å². The van der Waals surface area contributed by atoms with Crippen LogP contribution in [0.5, 0.6) is 0 Å². The lowest BCUT2D eigenvalue weighted by atomic mass is 9.71. The molecule has 2 fully saturated rings. The summed E-state index contributed by atoms with van der Waals surface area (Å²) in [6, 6.07) is 11.3. The summed E-state index contributed by atoms with van der Waals surface area (Å²) in [6.45, 7) is 4.41. The summed E-state index contributed by atoms with van der Waals surface area (Å²) >= 11 is 0. The van der Waals surface area contributed by atoms with E-state index in [9.17, 15) is 0 Å². The molecular formula is C21H28N4. The van der Waals surface area contributed by atoms with E-state index in [1.165, 1.54) is 30.4 Å². The fraction of sp³-hybridized carbons (Fsp3) is 0.524. The molecular weight excluding hydrogens is 308 g/mol. The zero-order valence-corrected chi connectivity index (χ0v) is 15.1. The van der Waals surface area contributed by atoms with Crippen LogP contribution in [0, 0.1) is 0 Å². The molecule has 0 spiro atoms. The molecule has 4 heteroatoms. The Morgan fingerprint density at radius 3 is 2.52 bits per heavy atom. The topological polar surface area (TPSA) is 49.8 Å². The number of hydrogen-bond acceptors (Lipinski definition) is 4. The average molecular weight is 336 g/mol. The Labute approximate surface area is 150 Å². The second kappa shape index (κ2) is 7.12. The minimum Gasteiger partial charge on any atom is -0.345 e. The molecule has 2 heterocycles. The molecule has 2 N–H and O–H groups in total. The van der Waals surface area contributed by atoms with Crippen LogP contribution in [-0.2, 0) is 12.0 Å². The Bertz CT molecular complexity index is 700. The first-order valence-electron chi connectivity index (χ1n) is 9.70. The van der Waals surface area contributed by atoms with Crippen molar-refractivity contribution >= 4 is 5.95 Å². The summed E-state index contributed by atoms with van der Waals surface area (Å²) in [7, 11) is 0. The number of aromatic nitrogens is 2. The lowest BCUT2D eigenvalue weighted by molar-refractivity contribution is 0.282. The molecule has 1 aromatic carbocycles. The van der Waals surface area contributed by atoms with Gasteiger partial charge in [0.1, 0.15) is 0 Å². The Balaban J connectivity index is 1.53. The highest BCUT2D eigenvalue weighted by Crippen LogP contribution is 2.44. The molecule has 132 valence electrons. The van der Waals surface area contributed by atoms with Crippen molar-refractivity contribution in [3.8, 4) is 0 Å². The van der Waals surface area contributed by atoms with Gasteiger partial charge in [-0.25, -0.2) is 9.97 Å². The molecule has 0 atom stereocenters. The molecule has 2 aliphatic rings. The van der Waals surface area contributed by atoms with Gasteiger partial charge in [0.05, 0.1) is 5.54 Å². The SMILES string of the molecule is CCc1ccnc(NC2(c3ccc(C4CCNCC4)cc3)CCC2)n1. The zero-order chi connectivity index (χ0) is 17.1. The maximum Gasteiger partial charge on any atom is 0.223 e. The van der Waals surface area contributed by atoms with E-state index in [1.807, 2.05) is 12.3 Å². The summed E-state index contributed by atoms with van der Waals surface area (Å²) in [5, 5.41) is 7.10. The molecule has 4 rings (SSSR count). The minimum absolute atomic E-state index is 0.0129. The number of nitrogens with zero attached hydrogens (tertiary/aromatic N) is 2. The van der Waals surface area contributed by atoms with Crippen LogP contribution in [0.3, 0.4) is 0 Å². The number of hydrogen-bond donors (Lipinski definition) is 2. The third kappa shape index (κ3) is 3.40. The van der Waals surface area contributed by atoms with Gasteiger partial charge in [0.2, 0.25) is 5.95 Å². The van der Waals surface area contributed by atoms with Crippen molar-refractivity contribution < 1.29 is 0 Å². The van der Waals surface area contributed by atoms with Gasteiger partial charge in [-0.3, -0.25) is 0 Å². The van der Waals surface area contributed by atoms with Crippen molar-refractivity contribution in [2.24, 2.45) is 0 Å². The molecule has 1 aliphatic carbocycles. The molecule has 0 amide bonds. The van der Waals surface area contributed by atoms with Crippen LogP contribution < -0.4 is 10.6 Å². The molecule has 1 aliphatic heterocycles. The Kier molecular flexibility index (Phi) is 4.71. The second-order valence-corrected chi connectivity index (χ2v) is 7.43. The van der Waals surface area contributed by atoms with Gasteiger partial charge >= 0.3 is 0 Å². The summed E-state index contributed by atoms with van der Waals surface area (Å²) in [4.78, 5) is 9.09. The maximum atomic E-state index is 4.65. The Hall–Kier alpha value is -1.94. The number of aryl methyl sites for hydroxylation is 1. The van der Waals surface area contributed by atoms with Crippen LogP contribution in [0.25, 0.3) is 0 Å². The minimum atomic E-state index is 0.0129. The van der Waals surface area contributed by atoms with E-state index >= 15 is 0 Å². The molecule has 1 saturated carbocycles. The Morgan fingerprint density at radius 2 is 1.88 bits per heavy atom. The van der Waals surface area contributed by atoms with E-state index in [2.05, 4.69) is 51.8 Å². The van der Waals surface area contributed by atoms with Crippen LogP contribution >= 0.6 is 0 Å². The zero-order valence-electron chi connectivity index (χ0n) is 15.1. The lowest BCUT2D eigenvalue weighted by Crippen LogP contribution is -2.42. The molecule has 25 heavy (non-hydrogen) atoms. The fourth-order valence-electron chi connectivity index (χ4n) is 4.11. The van der Waals surface area contributed by atoms with Gasteiger partial charge in [-0.1, -0.05) is 31.2 Å². The van der Waals surface area contributed by atoms with Crippen molar-refractivity contribution in [3.05, 3.63) is 53.3 Å². The molecule has 1 aromatic heterocycles. The van der Waals surface area contributed by atoms with Gasteiger partial charge in [-0.2, -0.15) is 0 Å². The first-order valence-corrected chi connectivity index (χ1v) is 9.70.